The highest BCUT2D eigenvalue weighted by Crippen LogP contribution is 2.29. The van der Waals surface area contributed by atoms with Gasteiger partial charge in [-0.15, -0.1) is 0 Å². The second-order valence-corrected chi connectivity index (χ2v) is 4.57. The van der Waals surface area contributed by atoms with E-state index in [1.807, 2.05) is 18.2 Å². The lowest BCUT2D eigenvalue weighted by Crippen LogP contribution is -2.31. The van der Waals surface area contributed by atoms with Crippen molar-refractivity contribution in [3.8, 4) is 11.5 Å². The van der Waals surface area contributed by atoms with Crippen LogP contribution in [0.15, 0.2) is 42.5 Å². The average molecular weight is 273 g/mol. The molecular formula is C15H12FNO3. The van der Waals surface area contributed by atoms with Crippen LogP contribution in [0.2, 0.25) is 0 Å². The number of carbonyl (C=O) groups is 1. The molecule has 2 N–H and O–H groups in total. The van der Waals surface area contributed by atoms with E-state index in [-0.39, 0.29) is 11.4 Å². The average Bonchev–Trinajstić information content (AvgIpc) is 2.86. The monoisotopic (exact) mass is 273 g/mol. The predicted octanol–water partition coefficient (Wildman–Crippen LogP) is 2.47. The van der Waals surface area contributed by atoms with E-state index in [9.17, 15) is 9.18 Å². The SMILES string of the molecule is O=C(Nc1ccc(O)cc1F)C1Cc2ccccc2O1. The second kappa shape index (κ2) is 4.85. The molecule has 0 aromatic heterocycles. The van der Waals surface area contributed by atoms with Crippen molar-refractivity contribution < 1.29 is 19.0 Å². The third-order valence-electron chi connectivity index (χ3n) is 3.15. The second-order valence-electron chi connectivity index (χ2n) is 4.57. The van der Waals surface area contributed by atoms with Crippen LogP contribution in [-0.2, 0) is 11.2 Å². The van der Waals surface area contributed by atoms with Gasteiger partial charge in [-0.1, -0.05) is 18.2 Å². The third kappa shape index (κ3) is 2.30. The summed E-state index contributed by atoms with van der Waals surface area (Å²) in [7, 11) is 0. The first-order chi connectivity index (χ1) is 9.63. The van der Waals surface area contributed by atoms with E-state index in [1.54, 1.807) is 6.07 Å². The minimum absolute atomic E-state index is 0.0207. The molecule has 0 bridgehead atoms. The van der Waals surface area contributed by atoms with Crippen LogP contribution in [0.4, 0.5) is 10.1 Å². The fourth-order valence-corrected chi connectivity index (χ4v) is 2.15. The molecule has 0 spiro atoms. The van der Waals surface area contributed by atoms with Gasteiger partial charge in [0.25, 0.3) is 5.91 Å². The molecule has 20 heavy (non-hydrogen) atoms. The fourth-order valence-electron chi connectivity index (χ4n) is 2.15. The van der Waals surface area contributed by atoms with Crippen molar-refractivity contribution in [1.82, 2.24) is 0 Å². The van der Waals surface area contributed by atoms with Gasteiger partial charge >= 0.3 is 0 Å². The highest BCUT2D eigenvalue weighted by molar-refractivity contribution is 5.95. The van der Waals surface area contributed by atoms with Crippen LogP contribution in [0.3, 0.4) is 0 Å². The summed E-state index contributed by atoms with van der Waals surface area (Å²) in [4.78, 5) is 12.1. The molecule has 102 valence electrons. The summed E-state index contributed by atoms with van der Waals surface area (Å²) in [6, 6.07) is 11.0. The molecule has 0 saturated carbocycles. The molecule has 0 radical (unpaired) electrons. The van der Waals surface area contributed by atoms with Crippen molar-refractivity contribution in [2.24, 2.45) is 0 Å². The largest absolute Gasteiger partial charge is 0.508 e. The normalized spacial score (nSPS) is 16.4. The number of hydrogen-bond acceptors (Lipinski definition) is 3. The summed E-state index contributed by atoms with van der Waals surface area (Å²) in [6.45, 7) is 0. The summed E-state index contributed by atoms with van der Waals surface area (Å²) >= 11 is 0. The highest BCUT2D eigenvalue weighted by Gasteiger charge is 2.29. The molecule has 1 aliphatic heterocycles. The molecule has 1 aliphatic rings. The van der Waals surface area contributed by atoms with E-state index >= 15 is 0 Å². The van der Waals surface area contributed by atoms with Crippen molar-refractivity contribution in [2.45, 2.75) is 12.5 Å². The number of phenols is 1. The van der Waals surface area contributed by atoms with E-state index in [0.717, 1.165) is 11.6 Å². The number of hydrogen-bond donors (Lipinski definition) is 2. The molecule has 0 saturated heterocycles. The Morgan fingerprint density at radius 3 is 2.85 bits per heavy atom. The van der Waals surface area contributed by atoms with E-state index < -0.39 is 17.8 Å². The number of rotatable bonds is 2. The molecule has 2 aromatic carbocycles. The summed E-state index contributed by atoms with van der Waals surface area (Å²) in [5.74, 6) is -0.608. The van der Waals surface area contributed by atoms with Crippen molar-refractivity contribution in [2.75, 3.05) is 5.32 Å². The Kier molecular flexibility index (Phi) is 3.02. The van der Waals surface area contributed by atoms with Crippen molar-refractivity contribution in [1.29, 1.82) is 0 Å². The number of amides is 1. The van der Waals surface area contributed by atoms with Gasteiger partial charge in [-0.3, -0.25) is 4.79 Å². The molecule has 1 heterocycles. The number of para-hydroxylation sites is 1. The Bertz CT molecular complexity index is 647. The van der Waals surface area contributed by atoms with E-state index in [0.29, 0.717) is 12.2 Å². The van der Waals surface area contributed by atoms with Crippen molar-refractivity contribution in [3.05, 3.63) is 53.8 Å². The summed E-state index contributed by atoms with van der Waals surface area (Å²) in [6.07, 6.45) is -0.206. The van der Waals surface area contributed by atoms with Crippen LogP contribution in [0.1, 0.15) is 5.56 Å². The number of fused-ring (bicyclic) bond motifs is 1. The number of nitrogens with one attached hydrogen (secondary N) is 1. The third-order valence-corrected chi connectivity index (χ3v) is 3.15. The molecule has 1 unspecified atom stereocenters. The molecule has 0 aliphatic carbocycles. The van der Waals surface area contributed by atoms with Gasteiger partial charge < -0.3 is 15.2 Å². The number of carbonyl (C=O) groups excluding carboxylic acids is 1. The van der Waals surface area contributed by atoms with Crippen LogP contribution in [-0.4, -0.2) is 17.1 Å². The Hall–Kier alpha value is -2.56. The Morgan fingerprint density at radius 2 is 2.10 bits per heavy atom. The maximum Gasteiger partial charge on any atom is 0.265 e. The number of ether oxygens (including phenoxy) is 1. The summed E-state index contributed by atoms with van der Waals surface area (Å²) in [5.41, 5.74) is 0.978. The number of anilines is 1. The Balaban J connectivity index is 1.72. The first kappa shape index (κ1) is 12.5. The van der Waals surface area contributed by atoms with E-state index in [4.69, 9.17) is 9.84 Å². The van der Waals surface area contributed by atoms with Crippen LogP contribution in [0.25, 0.3) is 0 Å². The topological polar surface area (TPSA) is 58.6 Å². The van der Waals surface area contributed by atoms with Gasteiger partial charge in [-0.2, -0.15) is 0 Å². The van der Waals surface area contributed by atoms with Crippen LogP contribution < -0.4 is 10.1 Å². The molecule has 4 nitrogen and oxygen atoms in total. The van der Waals surface area contributed by atoms with Crippen LogP contribution in [0.5, 0.6) is 11.5 Å². The lowest BCUT2D eigenvalue weighted by atomic mass is 10.1. The molecule has 3 rings (SSSR count). The standard InChI is InChI=1S/C15H12FNO3/c16-11-8-10(18)5-6-12(11)17-15(19)14-7-9-3-1-2-4-13(9)20-14/h1-6,8,14,18H,7H2,(H,17,19). The minimum Gasteiger partial charge on any atom is -0.508 e. The van der Waals surface area contributed by atoms with Gasteiger partial charge in [0.15, 0.2) is 6.10 Å². The molecule has 5 heteroatoms. The fraction of sp³-hybridized carbons (Fsp3) is 0.133. The first-order valence-corrected chi connectivity index (χ1v) is 6.17. The van der Waals surface area contributed by atoms with E-state index in [2.05, 4.69) is 5.32 Å². The maximum atomic E-state index is 13.5. The maximum absolute atomic E-state index is 13.5. The van der Waals surface area contributed by atoms with Crippen LogP contribution in [0, 0.1) is 5.82 Å². The van der Waals surface area contributed by atoms with Gasteiger partial charge in [0.1, 0.15) is 17.3 Å². The number of benzene rings is 2. The molecule has 1 atom stereocenters. The quantitative estimate of drug-likeness (QED) is 0.826. The van der Waals surface area contributed by atoms with Gasteiger partial charge in [0, 0.05) is 12.5 Å². The first-order valence-electron chi connectivity index (χ1n) is 6.17. The zero-order valence-corrected chi connectivity index (χ0v) is 10.5. The number of halogens is 1. The number of phenolic OH excluding ortho intramolecular Hbond substituents is 1. The predicted molar refractivity (Wildman–Crippen MR) is 71.3 cm³/mol. The molecule has 2 aromatic rings. The van der Waals surface area contributed by atoms with Gasteiger partial charge in [0.2, 0.25) is 0 Å². The number of aromatic hydroxyl groups is 1. The van der Waals surface area contributed by atoms with Crippen molar-refractivity contribution >= 4 is 11.6 Å². The van der Waals surface area contributed by atoms with Crippen molar-refractivity contribution in [3.63, 3.8) is 0 Å². The summed E-state index contributed by atoms with van der Waals surface area (Å²) in [5, 5.41) is 11.6. The minimum atomic E-state index is -0.686. The zero-order chi connectivity index (χ0) is 14.1. The lowest BCUT2D eigenvalue weighted by Gasteiger charge is -2.12. The molecule has 0 fully saturated rings. The zero-order valence-electron chi connectivity index (χ0n) is 10.5. The summed E-state index contributed by atoms with van der Waals surface area (Å²) < 4.78 is 19.1. The smallest absolute Gasteiger partial charge is 0.265 e. The van der Waals surface area contributed by atoms with Crippen LogP contribution >= 0.6 is 0 Å². The van der Waals surface area contributed by atoms with E-state index in [1.165, 1.54) is 12.1 Å². The Morgan fingerprint density at radius 1 is 1.30 bits per heavy atom. The van der Waals surface area contributed by atoms with Gasteiger partial charge in [-0.25, -0.2) is 4.39 Å². The molecular weight excluding hydrogens is 261 g/mol. The highest BCUT2D eigenvalue weighted by atomic mass is 19.1. The van der Waals surface area contributed by atoms with Gasteiger partial charge in [-0.05, 0) is 23.8 Å². The lowest BCUT2D eigenvalue weighted by molar-refractivity contribution is -0.122. The van der Waals surface area contributed by atoms with Gasteiger partial charge in [0.05, 0.1) is 5.69 Å². The molecule has 1 amide bonds. The Labute approximate surface area is 114 Å².